The van der Waals surface area contributed by atoms with E-state index in [9.17, 15) is 0 Å². The van der Waals surface area contributed by atoms with Crippen molar-refractivity contribution >= 4 is 5.69 Å². The van der Waals surface area contributed by atoms with Crippen LogP contribution in [0.5, 0.6) is 0 Å². The second-order valence-corrected chi connectivity index (χ2v) is 14.1. The molecule has 0 saturated carbocycles. The molecule has 1 aromatic rings. The van der Waals surface area contributed by atoms with Gasteiger partial charge in [-0.25, -0.2) is 0 Å². The van der Waals surface area contributed by atoms with Crippen molar-refractivity contribution in [2.24, 2.45) is 0 Å². The third kappa shape index (κ3) is 24.0. The molecule has 0 radical (unpaired) electrons. The molecule has 1 heteroatoms. The summed E-state index contributed by atoms with van der Waals surface area (Å²) in [6.07, 6.45) is 46.1. The highest BCUT2D eigenvalue weighted by atomic mass is 14.5. The molecule has 0 unspecified atom stereocenters. The van der Waals surface area contributed by atoms with Crippen molar-refractivity contribution in [3.05, 3.63) is 28.8 Å². The van der Waals surface area contributed by atoms with Crippen LogP contribution >= 0.6 is 0 Å². The predicted octanol–water partition coefficient (Wildman–Crippen LogP) is 14.7. The second kappa shape index (κ2) is 31.0. The third-order valence-electron chi connectivity index (χ3n) is 9.84. The Morgan fingerprint density at radius 1 is 0.326 bits per heavy atom. The van der Waals surface area contributed by atoms with Gasteiger partial charge in [0.15, 0.2) is 0 Å². The lowest BCUT2D eigenvalue weighted by Crippen LogP contribution is -2.04. The number of rotatable bonds is 33. The molecule has 0 saturated heterocycles. The molecule has 2 N–H and O–H groups in total. The molecule has 43 heavy (non-hydrogen) atoms. The van der Waals surface area contributed by atoms with E-state index >= 15 is 0 Å². The summed E-state index contributed by atoms with van der Waals surface area (Å²) in [6, 6.07) is 4.70. The monoisotopic (exact) mass is 598 g/mol. The Hall–Kier alpha value is -0.980. The van der Waals surface area contributed by atoms with Gasteiger partial charge in [-0.3, -0.25) is 0 Å². The van der Waals surface area contributed by atoms with Gasteiger partial charge >= 0.3 is 0 Å². The zero-order valence-electron chi connectivity index (χ0n) is 30.1. The van der Waals surface area contributed by atoms with Crippen LogP contribution in [-0.2, 0) is 19.3 Å². The Kier molecular flexibility index (Phi) is 28.9. The van der Waals surface area contributed by atoms with Gasteiger partial charge in [-0.1, -0.05) is 194 Å². The minimum Gasteiger partial charge on any atom is -0.399 e. The molecular weight excluding hydrogens is 518 g/mol. The first-order chi connectivity index (χ1) is 21.2. The number of aryl methyl sites for hydroxylation is 2. The van der Waals surface area contributed by atoms with E-state index in [-0.39, 0.29) is 0 Å². The number of unbranched alkanes of at least 4 members (excludes halogenated alkanes) is 27. The van der Waals surface area contributed by atoms with Crippen LogP contribution in [0.2, 0.25) is 0 Å². The lowest BCUT2D eigenvalue weighted by atomic mass is 9.89. The van der Waals surface area contributed by atoms with E-state index in [2.05, 4.69) is 32.9 Å². The maximum absolute atomic E-state index is 6.52. The minimum atomic E-state index is 1.01. The maximum atomic E-state index is 6.52. The normalized spacial score (nSPS) is 11.5. The molecule has 0 aliphatic rings. The smallest absolute Gasteiger partial charge is 0.0319 e. The third-order valence-corrected chi connectivity index (χ3v) is 9.84. The average molecular weight is 598 g/mol. The fourth-order valence-electron chi connectivity index (χ4n) is 6.99. The standard InChI is InChI=1S/C42H79N/c1-4-7-10-13-16-19-22-25-28-31-34-39-37-41(43)38-40(35-32-29-26-23-20-17-14-11-8-5-2)42(39)36-33-30-27-24-21-18-15-12-9-6-3/h37-38H,4-36,43H2,1-3H3. The van der Waals surface area contributed by atoms with Crippen molar-refractivity contribution in [1.29, 1.82) is 0 Å². The lowest BCUT2D eigenvalue weighted by molar-refractivity contribution is 0.551. The Morgan fingerprint density at radius 2 is 0.558 bits per heavy atom. The van der Waals surface area contributed by atoms with Crippen molar-refractivity contribution < 1.29 is 0 Å². The van der Waals surface area contributed by atoms with Crippen LogP contribution in [0.4, 0.5) is 5.69 Å². The van der Waals surface area contributed by atoms with E-state index < -0.39 is 0 Å². The highest BCUT2D eigenvalue weighted by Gasteiger charge is 2.11. The second-order valence-electron chi connectivity index (χ2n) is 14.1. The van der Waals surface area contributed by atoms with Crippen LogP contribution in [0.25, 0.3) is 0 Å². The molecule has 0 atom stereocenters. The van der Waals surface area contributed by atoms with Gasteiger partial charge in [-0.2, -0.15) is 0 Å². The van der Waals surface area contributed by atoms with Gasteiger partial charge in [0.05, 0.1) is 0 Å². The summed E-state index contributed by atoms with van der Waals surface area (Å²) < 4.78 is 0. The Labute approximate surface area is 272 Å². The summed E-state index contributed by atoms with van der Waals surface area (Å²) in [5, 5.41) is 0. The molecule has 0 fully saturated rings. The summed E-state index contributed by atoms with van der Waals surface area (Å²) in [7, 11) is 0. The Bertz CT molecular complexity index is 662. The molecule has 0 aliphatic heterocycles. The molecular formula is C42H79N. The molecule has 1 rings (SSSR count). The van der Waals surface area contributed by atoms with Gasteiger partial charge in [0.25, 0.3) is 0 Å². The summed E-state index contributed by atoms with van der Waals surface area (Å²) in [6.45, 7) is 6.93. The first-order valence-electron chi connectivity index (χ1n) is 20.1. The van der Waals surface area contributed by atoms with E-state index in [1.807, 2.05) is 0 Å². The molecule has 0 aromatic heterocycles. The van der Waals surface area contributed by atoms with Crippen molar-refractivity contribution in [2.45, 2.75) is 233 Å². The first-order valence-corrected chi connectivity index (χ1v) is 20.1. The van der Waals surface area contributed by atoms with Gasteiger partial charge in [-0.05, 0) is 67.3 Å². The Balaban J connectivity index is 2.50. The predicted molar refractivity (Wildman–Crippen MR) is 197 cm³/mol. The minimum absolute atomic E-state index is 1.01. The fourth-order valence-corrected chi connectivity index (χ4v) is 6.99. The lowest BCUT2D eigenvalue weighted by Gasteiger charge is -2.17. The zero-order valence-corrected chi connectivity index (χ0v) is 30.1. The fraction of sp³-hybridized carbons (Fsp3) is 0.857. The molecule has 252 valence electrons. The van der Waals surface area contributed by atoms with Gasteiger partial charge < -0.3 is 5.73 Å². The molecule has 0 aliphatic carbocycles. The zero-order chi connectivity index (χ0) is 31.1. The van der Waals surface area contributed by atoms with Gasteiger partial charge in [0, 0.05) is 5.69 Å². The quantitative estimate of drug-likeness (QED) is 0.0633. The van der Waals surface area contributed by atoms with Gasteiger partial charge in [0.1, 0.15) is 0 Å². The topological polar surface area (TPSA) is 26.0 Å². The van der Waals surface area contributed by atoms with Crippen LogP contribution in [0.3, 0.4) is 0 Å². The van der Waals surface area contributed by atoms with E-state index in [1.54, 1.807) is 16.7 Å². The van der Waals surface area contributed by atoms with E-state index in [1.165, 1.54) is 212 Å². The molecule has 0 heterocycles. The van der Waals surface area contributed by atoms with Crippen LogP contribution in [0.15, 0.2) is 12.1 Å². The van der Waals surface area contributed by atoms with Gasteiger partial charge in [0.2, 0.25) is 0 Å². The van der Waals surface area contributed by atoms with Crippen molar-refractivity contribution in [1.82, 2.24) is 0 Å². The van der Waals surface area contributed by atoms with E-state index in [0.29, 0.717) is 0 Å². The molecule has 1 aromatic carbocycles. The number of hydrogen-bond donors (Lipinski definition) is 1. The highest BCUT2D eigenvalue weighted by Crippen LogP contribution is 2.26. The molecule has 0 spiro atoms. The van der Waals surface area contributed by atoms with Crippen molar-refractivity contribution in [2.75, 3.05) is 5.73 Å². The molecule has 1 nitrogen and oxygen atoms in total. The molecule has 0 amide bonds. The highest BCUT2D eigenvalue weighted by molar-refractivity contribution is 5.50. The maximum Gasteiger partial charge on any atom is 0.0319 e. The number of anilines is 1. The van der Waals surface area contributed by atoms with E-state index in [0.717, 1.165) is 5.69 Å². The number of benzene rings is 1. The summed E-state index contributed by atoms with van der Waals surface area (Å²) in [5.41, 5.74) is 12.4. The Morgan fingerprint density at radius 3 is 0.837 bits per heavy atom. The number of hydrogen-bond acceptors (Lipinski definition) is 1. The number of nitrogen functional groups attached to an aromatic ring is 1. The van der Waals surface area contributed by atoms with Crippen molar-refractivity contribution in [3.8, 4) is 0 Å². The summed E-state index contributed by atoms with van der Waals surface area (Å²) >= 11 is 0. The van der Waals surface area contributed by atoms with Gasteiger partial charge in [-0.15, -0.1) is 0 Å². The number of nitrogens with two attached hydrogens (primary N) is 1. The average Bonchev–Trinajstić information content (AvgIpc) is 3.00. The van der Waals surface area contributed by atoms with E-state index in [4.69, 9.17) is 5.73 Å². The molecule has 0 bridgehead atoms. The summed E-state index contributed by atoms with van der Waals surface area (Å²) in [4.78, 5) is 0. The SMILES string of the molecule is CCCCCCCCCCCCc1cc(N)cc(CCCCCCCCCCCC)c1CCCCCCCCCCCC. The van der Waals surface area contributed by atoms with Crippen LogP contribution in [0.1, 0.15) is 230 Å². The van der Waals surface area contributed by atoms with Crippen molar-refractivity contribution in [3.63, 3.8) is 0 Å². The summed E-state index contributed by atoms with van der Waals surface area (Å²) in [5.74, 6) is 0. The van der Waals surface area contributed by atoms with Crippen LogP contribution in [0, 0.1) is 0 Å². The largest absolute Gasteiger partial charge is 0.399 e. The first kappa shape index (κ1) is 40.0. The van der Waals surface area contributed by atoms with Crippen LogP contribution < -0.4 is 5.73 Å². The van der Waals surface area contributed by atoms with Crippen LogP contribution in [-0.4, -0.2) is 0 Å².